The summed E-state index contributed by atoms with van der Waals surface area (Å²) in [6, 6.07) is 25.0. The summed E-state index contributed by atoms with van der Waals surface area (Å²) in [5, 5.41) is 0.530. The number of H-pyrrole nitrogens is 1. The second-order valence-electron chi connectivity index (χ2n) is 8.20. The lowest BCUT2D eigenvalue weighted by molar-refractivity contribution is -0.135. The van der Waals surface area contributed by atoms with E-state index in [1.165, 1.54) is 5.56 Å². The first-order valence-corrected chi connectivity index (χ1v) is 11.0. The van der Waals surface area contributed by atoms with Crippen molar-refractivity contribution in [1.82, 2.24) is 14.9 Å². The summed E-state index contributed by atoms with van der Waals surface area (Å²) in [6.45, 7) is 3.97. The van der Waals surface area contributed by atoms with Crippen molar-refractivity contribution in [3.8, 4) is 5.75 Å². The minimum Gasteiger partial charge on any atom is -0.483 e. The molecule has 0 aliphatic heterocycles. The highest BCUT2D eigenvalue weighted by Gasteiger charge is 2.20. The number of amides is 1. The predicted octanol–water partition coefficient (Wildman–Crippen LogP) is 4.33. The predicted molar refractivity (Wildman–Crippen MR) is 129 cm³/mol. The van der Waals surface area contributed by atoms with Gasteiger partial charge in [-0.15, -0.1) is 0 Å². The van der Waals surface area contributed by atoms with E-state index < -0.39 is 0 Å². The topological polar surface area (TPSA) is 75.3 Å². The molecule has 6 nitrogen and oxygen atoms in total. The van der Waals surface area contributed by atoms with Crippen LogP contribution in [0.2, 0.25) is 0 Å². The Morgan fingerprint density at radius 1 is 0.970 bits per heavy atom. The number of hydrogen-bond donors (Lipinski definition) is 1. The summed E-state index contributed by atoms with van der Waals surface area (Å²) < 4.78 is 5.95. The van der Waals surface area contributed by atoms with Gasteiger partial charge in [0.05, 0.1) is 17.4 Å². The molecule has 0 atom stereocenters. The van der Waals surface area contributed by atoms with E-state index in [9.17, 15) is 9.59 Å². The summed E-state index contributed by atoms with van der Waals surface area (Å²) in [7, 11) is 0. The fourth-order valence-corrected chi connectivity index (χ4v) is 3.76. The molecule has 1 amide bonds. The van der Waals surface area contributed by atoms with Crippen molar-refractivity contribution in [2.45, 2.75) is 32.9 Å². The van der Waals surface area contributed by atoms with Crippen molar-refractivity contribution in [3.05, 3.63) is 106 Å². The molecule has 4 rings (SSSR count). The molecular formula is C27H27N3O3. The number of rotatable bonds is 8. The molecule has 1 aromatic heterocycles. The molecule has 0 unspecified atom stereocenters. The number of carbonyl (C=O) groups is 1. The summed E-state index contributed by atoms with van der Waals surface area (Å²) in [4.78, 5) is 34.4. The van der Waals surface area contributed by atoms with Crippen LogP contribution in [-0.4, -0.2) is 33.4 Å². The first-order chi connectivity index (χ1) is 16.0. The number of hydrogen-bond acceptors (Lipinski definition) is 4. The first-order valence-electron chi connectivity index (χ1n) is 11.0. The van der Waals surface area contributed by atoms with Crippen LogP contribution in [0.25, 0.3) is 10.9 Å². The van der Waals surface area contributed by atoms with E-state index in [1.54, 1.807) is 23.1 Å². The zero-order chi connectivity index (χ0) is 23.2. The number of para-hydroxylation sites is 2. The normalized spacial score (nSPS) is 11.0. The SMILES string of the molecule is CC(C)N(Cc1nc2ccccc2c(=O)[nH]1)C(=O)COc1ccccc1Cc1ccccc1. The molecule has 33 heavy (non-hydrogen) atoms. The van der Waals surface area contributed by atoms with Crippen molar-refractivity contribution < 1.29 is 9.53 Å². The molecule has 0 saturated heterocycles. The molecule has 0 spiro atoms. The monoisotopic (exact) mass is 441 g/mol. The minimum atomic E-state index is -0.210. The fraction of sp³-hybridized carbons (Fsp3) is 0.222. The molecule has 0 aliphatic rings. The standard InChI is InChI=1S/C27H27N3O3/c1-19(2)30(17-25-28-23-14-8-7-13-22(23)27(32)29-25)26(31)18-33-24-15-9-6-12-21(24)16-20-10-4-3-5-11-20/h3-15,19H,16-18H2,1-2H3,(H,28,29,32). The quantitative estimate of drug-likeness (QED) is 0.442. The maximum atomic E-state index is 13.1. The molecule has 1 N–H and O–H groups in total. The Kier molecular flexibility index (Phi) is 6.83. The second kappa shape index (κ2) is 10.1. The number of aromatic nitrogens is 2. The minimum absolute atomic E-state index is 0.0857. The molecular weight excluding hydrogens is 414 g/mol. The van der Waals surface area contributed by atoms with E-state index in [0.29, 0.717) is 22.5 Å². The third-order valence-corrected chi connectivity index (χ3v) is 5.49. The summed E-state index contributed by atoms with van der Waals surface area (Å²) in [5.41, 5.74) is 2.60. The Morgan fingerprint density at radius 3 is 2.45 bits per heavy atom. The van der Waals surface area contributed by atoms with Crippen LogP contribution in [-0.2, 0) is 17.8 Å². The second-order valence-corrected chi connectivity index (χ2v) is 8.20. The molecule has 1 heterocycles. The number of carbonyl (C=O) groups excluding carboxylic acids is 1. The van der Waals surface area contributed by atoms with Gasteiger partial charge in [0.25, 0.3) is 11.5 Å². The van der Waals surface area contributed by atoms with Gasteiger partial charge < -0.3 is 14.6 Å². The lowest BCUT2D eigenvalue weighted by Crippen LogP contribution is -2.40. The molecule has 0 saturated carbocycles. The van der Waals surface area contributed by atoms with Gasteiger partial charge in [-0.1, -0.05) is 60.7 Å². The largest absolute Gasteiger partial charge is 0.483 e. The number of fused-ring (bicyclic) bond motifs is 1. The lowest BCUT2D eigenvalue weighted by atomic mass is 10.0. The molecule has 0 radical (unpaired) electrons. The maximum Gasteiger partial charge on any atom is 0.261 e. The zero-order valence-corrected chi connectivity index (χ0v) is 18.8. The van der Waals surface area contributed by atoms with Crippen LogP contribution >= 0.6 is 0 Å². The van der Waals surface area contributed by atoms with Crippen molar-refractivity contribution in [1.29, 1.82) is 0 Å². The molecule has 6 heteroatoms. The van der Waals surface area contributed by atoms with Gasteiger partial charge in [-0.2, -0.15) is 0 Å². The first kappa shape index (κ1) is 22.3. The van der Waals surface area contributed by atoms with Crippen LogP contribution in [0.4, 0.5) is 0 Å². The van der Waals surface area contributed by atoms with E-state index in [0.717, 1.165) is 12.0 Å². The summed E-state index contributed by atoms with van der Waals surface area (Å²) in [6.07, 6.45) is 0.724. The lowest BCUT2D eigenvalue weighted by Gasteiger charge is -2.26. The molecule has 0 bridgehead atoms. The van der Waals surface area contributed by atoms with Crippen LogP contribution in [0, 0.1) is 0 Å². The molecule has 168 valence electrons. The van der Waals surface area contributed by atoms with Crippen molar-refractivity contribution in [2.75, 3.05) is 6.61 Å². The summed E-state index contributed by atoms with van der Waals surface area (Å²) >= 11 is 0. The van der Waals surface area contributed by atoms with Gasteiger partial charge in [-0.25, -0.2) is 4.98 Å². The van der Waals surface area contributed by atoms with Gasteiger partial charge in [0.1, 0.15) is 11.6 Å². The van der Waals surface area contributed by atoms with E-state index >= 15 is 0 Å². The number of nitrogens with one attached hydrogen (secondary N) is 1. The van der Waals surface area contributed by atoms with Crippen LogP contribution in [0.3, 0.4) is 0 Å². The number of benzene rings is 3. The highest BCUT2D eigenvalue weighted by molar-refractivity contribution is 5.79. The molecule has 0 fully saturated rings. The zero-order valence-electron chi connectivity index (χ0n) is 18.8. The van der Waals surface area contributed by atoms with Crippen molar-refractivity contribution in [2.24, 2.45) is 0 Å². The Bertz CT molecular complexity index is 1300. The van der Waals surface area contributed by atoms with Gasteiger partial charge in [-0.3, -0.25) is 9.59 Å². The fourth-order valence-electron chi connectivity index (χ4n) is 3.76. The average molecular weight is 442 g/mol. The van der Waals surface area contributed by atoms with E-state index in [-0.39, 0.29) is 30.7 Å². The van der Waals surface area contributed by atoms with Gasteiger partial charge in [0, 0.05) is 12.5 Å². The highest BCUT2D eigenvalue weighted by Crippen LogP contribution is 2.22. The van der Waals surface area contributed by atoms with E-state index in [4.69, 9.17) is 4.74 Å². The Balaban J connectivity index is 1.47. The number of aromatic amines is 1. The van der Waals surface area contributed by atoms with Gasteiger partial charge >= 0.3 is 0 Å². The Hall–Kier alpha value is -3.93. The van der Waals surface area contributed by atoms with Crippen molar-refractivity contribution >= 4 is 16.8 Å². The van der Waals surface area contributed by atoms with Crippen LogP contribution < -0.4 is 10.3 Å². The third-order valence-electron chi connectivity index (χ3n) is 5.49. The Labute approximate surface area is 192 Å². The van der Waals surface area contributed by atoms with Crippen LogP contribution in [0.5, 0.6) is 5.75 Å². The molecule has 3 aromatic carbocycles. The van der Waals surface area contributed by atoms with Gasteiger partial charge in [-0.05, 0) is 43.2 Å². The molecule has 4 aromatic rings. The average Bonchev–Trinajstić information content (AvgIpc) is 2.82. The third kappa shape index (κ3) is 5.47. The van der Waals surface area contributed by atoms with Crippen LogP contribution in [0.1, 0.15) is 30.8 Å². The van der Waals surface area contributed by atoms with Gasteiger partial charge in [0.2, 0.25) is 0 Å². The number of nitrogens with zero attached hydrogens (tertiary/aromatic N) is 2. The maximum absolute atomic E-state index is 13.1. The van der Waals surface area contributed by atoms with E-state index in [1.807, 2.05) is 62.4 Å². The summed E-state index contributed by atoms with van der Waals surface area (Å²) in [5.74, 6) is 0.969. The van der Waals surface area contributed by atoms with Crippen molar-refractivity contribution in [3.63, 3.8) is 0 Å². The highest BCUT2D eigenvalue weighted by atomic mass is 16.5. The number of ether oxygens (including phenoxy) is 1. The van der Waals surface area contributed by atoms with Gasteiger partial charge in [0.15, 0.2) is 6.61 Å². The Morgan fingerprint density at radius 2 is 1.67 bits per heavy atom. The smallest absolute Gasteiger partial charge is 0.261 e. The van der Waals surface area contributed by atoms with E-state index in [2.05, 4.69) is 22.1 Å². The molecule has 0 aliphatic carbocycles. The van der Waals surface area contributed by atoms with Crippen LogP contribution in [0.15, 0.2) is 83.7 Å².